The first-order valence-corrected chi connectivity index (χ1v) is 9.76. The van der Waals surface area contributed by atoms with E-state index >= 15 is 0 Å². The van der Waals surface area contributed by atoms with Crippen molar-refractivity contribution in [3.8, 4) is 0 Å². The summed E-state index contributed by atoms with van der Waals surface area (Å²) < 4.78 is 0. The second-order valence-corrected chi connectivity index (χ2v) is 6.86. The van der Waals surface area contributed by atoms with Crippen molar-refractivity contribution >= 4 is 5.82 Å². The second kappa shape index (κ2) is 9.15. The summed E-state index contributed by atoms with van der Waals surface area (Å²) in [5.41, 5.74) is 22.6. The number of pyridine rings is 1. The van der Waals surface area contributed by atoms with E-state index in [-0.39, 0.29) is 0 Å². The fraction of sp³-hybridized carbons (Fsp3) is 0.500. The maximum absolute atomic E-state index is 6.16. The van der Waals surface area contributed by atoms with E-state index in [4.69, 9.17) is 11.5 Å². The Bertz CT molecular complexity index is 712. The van der Waals surface area contributed by atoms with E-state index in [1.807, 2.05) is 6.92 Å². The minimum Gasteiger partial charge on any atom is -0.366 e. The molecule has 1 aromatic heterocycles. The summed E-state index contributed by atoms with van der Waals surface area (Å²) >= 11 is 0. The monoisotopic (exact) mass is 354 g/mol. The predicted octanol–water partition coefficient (Wildman–Crippen LogP) is 3.92. The number of hydrogen-bond acceptors (Lipinski definition) is 4. The van der Waals surface area contributed by atoms with Gasteiger partial charge >= 0.3 is 0 Å². The Morgan fingerprint density at radius 1 is 0.769 bits per heavy atom. The summed E-state index contributed by atoms with van der Waals surface area (Å²) in [6.45, 7) is 12.7. The lowest BCUT2D eigenvalue weighted by Gasteiger charge is -2.25. The van der Waals surface area contributed by atoms with E-state index in [0.29, 0.717) is 13.1 Å². The molecule has 5 N–H and O–H groups in total. The molecule has 0 saturated heterocycles. The van der Waals surface area contributed by atoms with E-state index in [1.165, 1.54) is 38.9 Å². The zero-order valence-electron chi connectivity index (χ0n) is 17.0. The highest BCUT2D eigenvalue weighted by atomic mass is 15.0. The maximum atomic E-state index is 6.16. The van der Waals surface area contributed by atoms with E-state index in [9.17, 15) is 0 Å². The van der Waals surface area contributed by atoms with Crippen LogP contribution in [-0.2, 0) is 38.9 Å². The van der Waals surface area contributed by atoms with Gasteiger partial charge in [-0.15, -0.1) is 0 Å². The minimum atomic E-state index is 0.568. The predicted molar refractivity (Wildman–Crippen MR) is 111 cm³/mol. The van der Waals surface area contributed by atoms with Gasteiger partial charge in [-0.25, -0.2) is 4.98 Å². The van der Waals surface area contributed by atoms with Crippen molar-refractivity contribution < 1.29 is 0 Å². The molecular formula is C22H34N4. The van der Waals surface area contributed by atoms with Gasteiger partial charge in [0.1, 0.15) is 5.82 Å². The zero-order valence-corrected chi connectivity index (χ0v) is 17.0. The number of anilines is 1. The van der Waals surface area contributed by atoms with Crippen molar-refractivity contribution in [3.05, 3.63) is 56.8 Å². The second-order valence-electron chi connectivity index (χ2n) is 6.86. The Morgan fingerprint density at radius 2 is 1.27 bits per heavy atom. The van der Waals surface area contributed by atoms with Crippen LogP contribution in [0.25, 0.3) is 0 Å². The van der Waals surface area contributed by atoms with Crippen LogP contribution >= 0.6 is 0 Å². The third-order valence-corrected chi connectivity index (χ3v) is 5.20. The smallest absolute Gasteiger partial charge is 0.126 e. The highest BCUT2D eigenvalue weighted by Crippen LogP contribution is 2.30. The number of rotatable bonds is 8. The number of aromatic nitrogens is 1. The van der Waals surface area contributed by atoms with E-state index in [0.717, 1.165) is 37.3 Å². The van der Waals surface area contributed by atoms with E-state index < -0.39 is 0 Å². The first kappa shape index (κ1) is 20.4. The van der Waals surface area contributed by atoms with Crippen LogP contribution in [0.4, 0.5) is 5.82 Å². The normalized spacial score (nSPS) is 11.0. The fourth-order valence-electron chi connectivity index (χ4n) is 4.19. The van der Waals surface area contributed by atoms with Gasteiger partial charge in [-0.1, -0.05) is 20.8 Å². The maximum Gasteiger partial charge on any atom is 0.126 e. The summed E-state index contributed by atoms with van der Waals surface area (Å²) in [6.07, 6.45) is 2.94. The molecule has 0 saturated carbocycles. The van der Waals surface area contributed by atoms with Crippen molar-refractivity contribution in [2.45, 2.75) is 73.5 Å². The lowest BCUT2D eigenvalue weighted by Crippen LogP contribution is -2.19. The molecule has 26 heavy (non-hydrogen) atoms. The highest BCUT2D eigenvalue weighted by molar-refractivity contribution is 5.54. The van der Waals surface area contributed by atoms with Crippen LogP contribution in [-0.4, -0.2) is 4.98 Å². The van der Waals surface area contributed by atoms with Crippen LogP contribution < -0.4 is 16.8 Å². The lowest BCUT2D eigenvalue weighted by atomic mass is 9.83. The summed E-state index contributed by atoms with van der Waals surface area (Å²) in [5.74, 6) is 0.926. The molecule has 1 aromatic carbocycles. The quantitative estimate of drug-likeness (QED) is 0.671. The molecule has 2 rings (SSSR count). The van der Waals surface area contributed by atoms with Crippen LogP contribution in [0.15, 0.2) is 12.1 Å². The van der Waals surface area contributed by atoms with Gasteiger partial charge in [0.15, 0.2) is 0 Å². The third kappa shape index (κ3) is 4.08. The molecule has 4 nitrogen and oxygen atoms in total. The highest BCUT2D eigenvalue weighted by Gasteiger charge is 2.19. The average Bonchev–Trinajstić information content (AvgIpc) is 2.63. The van der Waals surface area contributed by atoms with Crippen molar-refractivity contribution in [1.29, 1.82) is 0 Å². The number of nitrogens with two attached hydrogens (primary N) is 2. The van der Waals surface area contributed by atoms with Gasteiger partial charge in [0.05, 0.1) is 0 Å². The fourth-order valence-corrected chi connectivity index (χ4v) is 4.19. The number of hydrogen-bond donors (Lipinski definition) is 3. The van der Waals surface area contributed by atoms with Gasteiger partial charge in [0.25, 0.3) is 0 Å². The average molecular weight is 355 g/mol. The number of nitrogens with zero attached hydrogens (tertiary/aromatic N) is 1. The van der Waals surface area contributed by atoms with E-state index in [2.05, 4.69) is 50.1 Å². The molecule has 0 aliphatic heterocycles. The molecule has 0 spiro atoms. The Morgan fingerprint density at radius 3 is 1.69 bits per heavy atom. The topological polar surface area (TPSA) is 77.0 Å². The molecule has 1 heterocycles. The number of benzene rings is 1. The first-order chi connectivity index (χ1) is 12.5. The summed E-state index contributed by atoms with van der Waals surface area (Å²) in [5, 5.41) is 3.54. The van der Waals surface area contributed by atoms with Gasteiger partial charge < -0.3 is 16.8 Å². The molecule has 0 radical (unpaired) electrons. The van der Waals surface area contributed by atoms with Crippen LogP contribution in [0.5, 0.6) is 0 Å². The van der Waals surface area contributed by atoms with Gasteiger partial charge in [-0.3, -0.25) is 0 Å². The standard InChI is InChI=1S/C22H34N4/c1-6-16-19(11-23)17(7-2)21(18(8-3)20(16)12-24)13-25-22-10-14(4)9-15(5)26-22/h9-10H,6-8,11-13,23-24H2,1-5H3,(H,25,26). The van der Waals surface area contributed by atoms with Gasteiger partial charge in [-0.2, -0.15) is 0 Å². The molecule has 0 aliphatic rings. The molecule has 0 bridgehead atoms. The first-order valence-electron chi connectivity index (χ1n) is 9.76. The minimum absolute atomic E-state index is 0.568. The Kier molecular flexibility index (Phi) is 7.18. The lowest BCUT2D eigenvalue weighted by molar-refractivity contribution is 0.860. The molecule has 0 fully saturated rings. The third-order valence-electron chi connectivity index (χ3n) is 5.20. The molecule has 142 valence electrons. The molecule has 0 unspecified atom stereocenters. The van der Waals surface area contributed by atoms with Crippen LogP contribution in [0.3, 0.4) is 0 Å². The van der Waals surface area contributed by atoms with Crippen LogP contribution in [0.2, 0.25) is 0 Å². The molecule has 0 atom stereocenters. The Hall–Kier alpha value is -1.91. The Balaban J connectivity index is 2.54. The van der Waals surface area contributed by atoms with Crippen LogP contribution in [0, 0.1) is 13.8 Å². The molecule has 2 aromatic rings. The Labute approximate surface area is 158 Å². The molecule has 4 heteroatoms. The molecule has 0 aliphatic carbocycles. The van der Waals surface area contributed by atoms with Crippen LogP contribution in [0.1, 0.15) is 65.4 Å². The van der Waals surface area contributed by atoms with Crippen molar-refractivity contribution in [1.82, 2.24) is 4.98 Å². The van der Waals surface area contributed by atoms with Gasteiger partial charge in [0, 0.05) is 25.3 Å². The van der Waals surface area contributed by atoms with E-state index in [1.54, 1.807) is 0 Å². The zero-order chi connectivity index (χ0) is 19.3. The summed E-state index contributed by atoms with van der Waals surface area (Å²) in [4.78, 5) is 4.62. The summed E-state index contributed by atoms with van der Waals surface area (Å²) in [6, 6.07) is 4.19. The van der Waals surface area contributed by atoms with Crippen molar-refractivity contribution in [3.63, 3.8) is 0 Å². The van der Waals surface area contributed by atoms with Crippen molar-refractivity contribution in [2.75, 3.05) is 5.32 Å². The van der Waals surface area contributed by atoms with Gasteiger partial charge in [-0.05, 0) is 84.2 Å². The molecular weight excluding hydrogens is 320 g/mol. The van der Waals surface area contributed by atoms with Crippen molar-refractivity contribution in [2.24, 2.45) is 11.5 Å². The summed E-state index contributed by atoms with van der Waals surface area (Å²) in [7, 11) is 0. The van der Waals surface area contributed by atoms with Gasteiger partial charge in [0.2, 0.25) is 0 Å². The SMILES string of the molecule is CCc1c(CN)c(CC)c(CNc2cc(C)cc(C)n2)c(CC)c1CN. The number of nitrogens with one attached hydrogen (secondary N) is 1. The largest absolute Gasteiger partial charge is 0.366 e. The molecule has 0 amide bonds. The number of aryl methyl sites for hydroxylation is 2.